The molecule has 4 amide bonds. The smallest absolute Gasteiger partial charge is 0.326 e. The Morgan fingerprint density at radius 2 is 1.89 bits per heavy atom. The first kappa shape index (κ1) is 22.3. The van der Waals surface area contributed by atoms with Crippen LogP contribution in [0.1, 0.15) is 26.2 Å². The van der Waals surface area contributed by atoms with E-state index in [1.54, 1.807) is 0 Å². The Labute approximate surface area is 155 Å². The molecule has 0 aromatic carbocycles. The van der Waals surface area contributed by atoms with Crippen LogP contribution >= 0.6 is 0 Å². The van der Waals surface area contributed by atoms with Crippen molar-refractivity contribution in [2.75, 3.05) is 13.1 Å². The molecule has 0 aromatic rings. The summed E-state index contributed by atoms with van der Waals surface area (Å²) in [6, 6.07) is -3.50. The van der Waals surface area contributed by atoms with Gasteiger partial charge in [0.05, 0.1) is 19.1 Å². The topological polar surface area (TPSA) is 205 Å². The quantitative estimate of drug-likeness (QED) is 0.231. The molecule has 12 nitrogen and oxygen atoms in total. The Bertz CT molecular complexity index is 609. The number of amides is 4. The number of hydrogen-bond donors (Lipinski definition) is 6. The predicted octanol–water partition coefficient (Wildman–Crippen LogP) is -3.75. The molecule has 1 saturated heterocycles. The number of likely N-dealkylation sites (tertiary alicyclic amines) is 1. The summed E-state index contributed by atoms with van der Waals surface area (Å²) in [5, 5.41) is 22.8. The number of nitrogens with one attached hydrogen (secondary N) is 2. The minimum absolute atomic E-state index is 0.295. The number of aliphatic hydroxyl groups is 1. The van der Waals surface area contributed by atoms with Crippen molar-refractivity contribution < 1.29 is 34.2 Å². The van der Waals surface area contributed by atoms with Crippen LogP contribution in [0, 0.1) is 0 Å². The van der Waals surface area contributed by atoms with E-state index in [1.807, 2.05) is 0 Å². The molecular formula is C15H25N5O7. The van der Waals surface area contributed by atoms with Crippen molar-refractivity contribution in [1.29, 1.82) is 0 Å². The lowest BCUT2D eigenvalue weighted by Crippen LogP contribution is -2.55. The van der Waals surface area contributed by atoms with Crippen LogP contribution in [0.3, 0.4) is 0 Å². The highest BCUT2D eigenvalue weighted by atomic mass is 16.4. The van der Waals surface area contributed by atoms with E-state index in [-0.39, 0.29) is 0 Å². The SMILES string of the molecule is CC(O)C(N)C(=O)N1CCCC1C(=O)NCC(=O)NC(CC(N)=O)C(=O)O. The lowest BCUT2D eigenvalue weighted by Gasteiger charge is -2.27. The van der Waals surface area contributed by atoms with Crippen molar-refractivity contribution in [2.24, 2.45) is 11.5 Å². The molecule has 0 spiro atoms. The molecule has 1 rings (SSSR count). The van der Waals surface area contributed by atoms with Crippen LogP contribution in [0.25, 0.3) is 0 Å². The van der Waals surface area contributed by atoms with Gasteiger partial charge in [0, 0.05) is 6.54 Å². The van der Waals surface area contributed by atoms with Gasteiger partial charge in [-0.3, -0.25) is 19.2 Å². The van der Waals surface area contributed by atoms with Crippen molar-refractivity contribution in [3.8, 4) is 0 Å². The van der Waals surface area contributed by atoms with Crippen molar-refractivity contribution in [3.63, 3.8) is 0 Å². The summed E-state index contributed by atoms with van der Waals surface area (Å²) < 4.78 is 0. The summed E-state index contributed by atoms with van der Waals surface area (Å²) in [6.07, 6.45) is -0.740. The Morgan fingerprint density at radius 3 is 2.41 bits per heavy atom. The maximum atomic E-state index is 12.3. The lowest BCUT2D eigenvalue weighted by atomic mass is 10.1. The zero-order valence-corrected chi connectivity index (χ0v) is 14.9. The number of aliphatic hydroxyl groups excluding tert-OH is 1. The van der Waals surface area contributed by atoms with Gasteiger partial charge in [-0.2, -0.15) is 0 Å². The van der Waals surface area contributed by atoms with E-state index in [9.17, 15) is 29.1 Å². The number of carboxylic acid groups (broad SMARTS) is 1. The van der Waals surface area contributed by atoms with Gasteiger partial charge in [0.25, 0.3) is 0 Å². The summed E-state index contributed by atoms with van der Waals surface area (Å²) in [4.78, 5) is 59.3. The first-order chi connectivity index (χ1) is 12.5. The van der Waals surface area contributed by atoms with E-state index in [0.29, 0.717) is 19.4 Å². The molecule has 1 aliphatic rings. The lowest BCUT2D eigenvalue weighted by molar-refractivity contribution is -0.143. The molecule has 8 N–H and O–H groups in total. The Kier molecular flexibility index (Phi) is 8.12. The van der Waals surface area contributed by atoms with Gasteiger partial charge in [-0.25, -0.2) is 4.79 Å². The van der Waals surface area contributed by atoms with Gasteiger partial charge in [0.1, 0.15) is 18.1 Å². The molecular weight excluding hydrogens is 362 g/mol. The minimum Gasteiger partial charge on any atom is -0.480 e. The Hall–Kier alpha value is -2.73. The first-order valence-corrected chi connectivity index (χ1v) is 8.37. The first-order valence-electron chi connectivity index (χ1n) is 8.37. The average Bonchev–Trinajstić information content (AvgIpc) is 3.06. The summed E-state index contributed by atoms with van der Waals surface area (Å²) >= 11 is 0. The van der Waals surface area contributed by atoms with Crippen LogP contribution in [0.15, 0.2) is 0 Å². The van der Waals surface area contributed by atoms with E-state index in [2.05, 4.69) is 10.6 Å². The molecule has 4 atom stereocenters. The number of primary amides is 1. The van der Waals surface area contributed by atoms with E-state index >= 15 is 0 Å². The largest absolute Gasteiger partial charge is 0.480 e. The number of carboxylic acids is 1. The second-order valence-corrected chi connectivity index (χ2v) is 6.30. The second-order valence-electron chi connectivity index (χ2n) is 6.30. The summed E-state index contributed by atoms with van der Waals surface area (Å²) in [5.41, 5.74) is 10.5. The van der Waals surface area contributed by atoms with Gasteiger partial charge < -0.3 is 37.2 Å². The summed E-state index contributed by atoms with van der Waals surface area (Å²) in [6.45, 7) is 1.12. The third-order valence-electron chi connectivity index (χ3n) is 4.11. The number of nitrogens with two attached hydrogens (primary N) is 2. The van der Waals surface area contributed by atoms with Gasteiger partial charge in [-0.1, -0.05) is 0 Å². The van der Waals surface area contributed by atoms with E-state index in [1.165, 1.54) is 11.8 Å². The summed E-state index contributed by atoms with van der Waals surface area (Å²) in [7, 11) is 0. The molecule has 0 saturated carbocycles. The zero-order chi connectivity index (χ0) is 20.7. The molecule has 0 bridgehead atoms. The standard InChI is InChI=1S/C15H25N5O7/c1-7(21)12(17)14(25)20-4-2-3-9(20)13(24)18-6-11(23)19-8(15(26)27)5-10(16)22/h7-9,12,21H,2-6,17H2,1H3,(H2,16,22)(H,18,24)(H,19,23)(H,26,27). The van der Waals surface area contributed by atoms with Crippen LogP contribution in [0.4, 0.5) is 0 Å². The molecule has 12 heteroatoms. The fourth-order valence-electron chi connectivity index (χ4n) is 2.63. The molecule has 27 heavy (non-hydrogen) atoms. The fraction of sp³-hybridized carbons (Fsp3) is 0.667. The maximum Gasteiger partial charge on any atom is 0.326 e. The van der Waals surface area contributed by atoms with E-state index in [0.717, 1.165) is 0 Å². The van der Waals surface area contributed by atoms with E-state index in [4.69, 9.17) is 16.6 Å². The summed E-state index contributed by atoms with van der Waals surface area (Å²) in [5.74, 6) is -4.34. The van der Waals surface area contributed by atoms with Crippen LogP contribution in [0.5, 0.6) is 0 Å². The maximum absolute atomic E-state index is 12.3. The molecule has 4 unspecified atom stereocenters. The van der Waals surface area contributed by atoms with Gasteiger partial charge in [0.2, 0.25) is 23.6 Å². The molecule has 1 fully saturated rings. The van der Waals surface area contributed by atoms with Gasteiger partial charge >= 0.3 is 5.97 Å². The monoisotopic (exact) mass is 387 g/mol. The number of hydrogen-bond acceptors (Lipinski definition) is 7. The number of rotatable bonds is 9. The molecule has 152 valence electrons. The van der Waals surface area contributed by atoms with Crippen molar-refractivity contribution >= 4 is 29.6 Å². The van der Waals surface area contributed by atoms with Crippen LogP contribution in [-0.2, 0) is 24.0 Å². The Balaban J connectivity index is 2.59. The molecule has 0 aliphatic carbocycles. The number of aliphatic carboxylic acids is 1. The Morgan fingerprint density at radius 1 is 1.26 bits per heavy atom. The second kappa shape index (κ2) is 9.83. The fourth-order valence-corrected chi connectivity index (χ4v) is 2.63. The van der Waals surface area contributed by atoms with Crippen molar-refractivity contribution in [1.82, 2.24) is 15.5 Å². The van der Waals surface area contributed by atoms with Gasteiger partial charge in [-0.05, 0) is 19.8 Å². The van der Waals surface area contributed by atoms with Crippen molar-refractivity contribution in [2.45, 2.75) is 50.4 Å². The van der Waals surface area contributed by atoms with E-state index < -0.39 is 66.8 Å². The highest BCUT2D eigenvalue weighted by Gasteiger charge is 2.37. The van der Waals surface area contributed by atoms with Crippen LogP contribution in [-0.4, -0.2) is 82.0 Å². The molecule has 0 radical (unpaired) electrons. The third-order valence-corrected chi connectivity index (χ3v) is 4.11. The zero-order valence-electron chi connectivity index (χ0n) is 14.9. The highest BCUT2D eigenvalue weighted by Crippen LogP contribution is 2.18. The predicted molar refractivity (Wildman–Crippen MR) is 90.8 cm³/mol. The van der Waals surface area contributed by atoms with Crippen molar-refractivity contribution in [3.05, 3.63) is 0 Å². The average molecular weight is 387 g/mol. The molecule has 1 aliphatic heterocycles. The molecule has 1 heterocycles. The normalized spacial score (nSPS) is 19.7. The van der Waals surface area contributed by atoms with Gasteiger partial charge in [0.15, 0.2) is 0 Å². The van der Waals surface area contributed by atoms with Crippen LogP contribution < -0.4 is 22.1 Å². The number of carbonyl (C=O) groups excluding carboxylic acids is 4. The highest BCUT2D eigenvalue weighted by molar-refractivity contribution is 5.93. The third kappa shape index (κ3) is 6.49. The minimum atomic E-state index is -1.50. The van der Waals surface area contributed by atoms with Crippen LogP contribution in [0.2, 0.25) is 0 Å². The molecule has 0 aromatic heterocycles. The van der Waals surface area contributed by atoms with Gasteiger partial charge in [-0.15, -0.1) is 0 Å². The number of carbonyl (C=O) groups is 5. The number of nitrogens with zero attached hydrogens (tertiary/aromatic N) is 1.